The summed E-state index contributed by atoms with van der Waals surface area (Å²) in [6, 6.07) is 13.3. The Kier molecular flexibility index (Phi) is 7.82. The van der Waals surface area contributed by atoms with Crippen LogP contribution in [-0.4, -0.2) is 40.0 Å². The Hall–Kier alpha value is -3.96. The van der Waals surface area contributed by atoms with Crippen molar-refractivity contribution >= 4 is 33.6 Å². The number of sulfonamides is 1. The minimum absolute atomic E-state index is 0.00126. The van der Waals surface area contributed by atoms with Gasteiger partial charge < -0.3 is 19.2 Å². The topological polar surface area (TPSA) is 141 Å². The molecular weight excluding hydrogens is 464 g/mol. The molecule has 1 amide bonds. The summed E-state index contributed by atoms with van der Waals surface area (Å²) < 4.78 is 42.3. The molecule has 3 aromatic rings. The Morgan fingerprint density at radius 3 is 2.50 bits per heavy atom. The molecule has 3 rings (SSSR count). The number of amides is 1. The molecule has 0 radical (unpaired) electrons. The highest BCUT2D eigenvalue weighted by atomic mass is 32.2. The van der Waals surface area contributed by atoms with Crippen LogP contribution in [0.3, 0.4) is 0 Å². The zero-order valence-corrected chi connectivity index (χ0v) is 19.2. The fraction of sp³-hybridized carbons (Fsp3) is 0.174. The average Bonchev–Trinajstić information content (AvgIpc) is 3.35. The molecule has 0 aliphatic rings. The summed E-state index contributed by atoms with van der Waals surface area (Å²) in [5, 5.41) is 2.51. The summed E-state index contributed by atoms with van der Waals surface area (Å²) in [7, 11) is -2.69. The smallest absolute Gasteiger partial charge is 0.338 e. The van der Waals surface area contributed by atoms with E-state index < -0.39 is 34.5 Å². The number of methoxy groups -OCH3 is 1. The molecule has 0 bridgehead atoms. The number of hydrogen-bond donors (Lipinski definition) is 2. The van der Waals surface area contributed by atoms with Crippen LogP contribution >= 0.6 is 0 Å². The van der Waals surface area contributed by atoms with E-state index >= 15 is 0 Å². The molecular formula is C23H22N2O8S. The van der Waals surface area contributed by atoms with Crippen molar-refractivity contribution in [1.82, 2.24) is 4.72 Å². The highest BCUT2D eigenvalue weighted by molar-refractivity contribution is 7.89. The van der Waals surface area contributed by atoms with Crippen LogP contribution < -0.4 is 10.0 Å². The molecule has 2 N–H and O–H groups in total. The molecule has 0 saturated heterocycles. The van der Waals surface area contributed by atoms with Gasteiger partial charge in [-0.3, -0.25) is 4.79 Å². The van der Waals surface area contributed by atoms with Crippen molar-refractivity contribution in [1.29, 1.82) is 0 Å². The Balaban J connectivity index is 1.63. The third kappa shape index (κ3) is 6.30. The van der Waals surface area contributed by atoms with E-state index in [9.17, 15) is 22.8 Å². The summed E-state index contributed by atoms with van der Waals surface area (Å²) in [6.45, 7) is 0.941. The fourth-order valence-corrected chi connectivity index (χ4v) is 3.92. The van der Waals surface area contributed by atoms with Gasteiger partial charge in [-0.1, -0.05) is 12.1 Å². The maximum absolute atomic E-state index is 12.6. The Bertz CT molecular complexity index is 1300. The summed E-state index contributed by atoms with van der Waals surface area (Å²) >= 11 is 0. The van der Waals surface area contributed by atoms with Crippen LogP contribution in [0.25, 0.3) is 0 Å². The minimum Gasteiger partial charge on any atom is -0.468 e. The van der Waals surface area contributed by atoms with Crippen molar-refractivity contribution in [3.8, 4) is 0 Å². The van der Waals surface area contributed by atoms with Gasteiger partial charge >= 0.3 is 11.9 Å². The Labute approximate surface area is 195 Å². The molecule has 0 unspecified atom stereocenters. The zero-order valence-electron chi connectivity index (χ0n) is 18.4. The summed E-state index contributed by atoms with van der Waals surface area (Å²) in [5.41, 5.74) is 1.03. The van der Waals surface area contributed by atoms with Gasteiger partial charge in [-0.05, 0) is 55.0 Å². The molecule has 34 heavy (non-hydrogen) atoms. The van der Waals surface area contributed by atoms with E-state index in [0.29, 0.717) is 17.0 Å². The van der Waals surface area contributed by atoms with Gasteiger partial charge in [-0.15, -0.1) is 0 Å². The lowest BCUT2D eigenvalue weighted by Crippen LogP contribution is -2.24. The molecule has 10 nitrogen and oxygen atoms in total. The van der Waals surface area contributed by atoms with E-state index in [4.69, 9.17) is 9.15 Å². The quantitative estimate of drug-likeness (QED) is 0.440. The van der Waals surface area contributed by atoms with Crippen LogP contribution in [0.1, 0.15) is 32.0 Å². The Morgan fingerprint density at radius 2 is 1.79 bits per heavy atom. The minimum atomic E-state index is -3.93. The van der Waals surface area contributed by atoms with Gasteiger partial charge in [0.1, 0.15) is 5.76 Å². The number of carbonyl (C=O) groups is 3. The normalized spacial score (nSPS) is 11.0. The lowest BCUT2D eigenvalue weighted by atomic mass is 10.1. The second-order valence-electron chi connectivity index (χ2n) is 7.08. The lowest BCUT2D eigenvalue weighted by Gasteiger charge is -2.11. The number of rotatable bonds is 9. The van der Waals surface area contributed by atoms with E-state index in [-0.39, 0.29) is 22.6 Å². The van der Waals surface area contributed by atoms with Crippen molar-refractivity contribution in [3.63, 3.8) is 0 Å². The number of nitrogens with one attached hydrogen (secondary N) is 2. The number of esters is 2. The zero-order chi connectivity index (χ0) is 24.7. The van der Waals surface area contributed by atoms with E-state index in [1.54, 1.807) is 31.2 Å². The number of furan rings is 1. The molecule has 0 fully saturated rings. The highest BCUT2D eigenvalue weighted by Gasteiger charge is 2.20. The summed E-state index contributed by atoms with van der Waals surface area (Å²) in [6.07, 6.45) is 1.43. The van der Waals surface area contributed by atoms with Crippen molar-refractivity contribution < 1.29 is 36.7 Å². The van der Waals surface area contributed by atoms with Crippen LogP contribution in [0.2, 0.25) is 0 Å². The van der Waals surface area contributed by atoms with Gasteiger partial charge in [0.05, 0.1) is 35.9 Å². The molecule has 0 atom stereocenters. The van der Waals surface area contributed by atoms with E-state index in [1.807, 2.05) is 0 Å². The molecule has 178 valence electrons. The van der Waals surface area contributed by atoms with Crippen LogP contribution in [0.15, 0.2) is 70.2 Å². The molecule has 0 aliphatic heterocycles. The largest absolute Gasteiger partial charge is 0.468 e. The first kappa shape index (κ1) is 24.7. The van der Waals surface area contributed by atoms with Crippen molar-refractivity contribution in [2.75, 3.05) is 19.0 Å². The van der Waals surface area contributed by atoms with Crippen molar-refractivity contribution in [2.24, 2.45) is 0 Å². The standard InChI is InChI=1S/C23H22N2O8S/c1-15-8-9-19(34(29,30)24-13-18-7-4-10-32-18)12-20(15)23(28)33-14-21(26)25-17-6-3-5-16(11-17)22(27)31-2/h3-12,24H,13-14H2,1-2H3,(H,25,26). The summed E-state index contributed by atoms with van der Waals surface area (Å²) in [5.74, 6) is -1.64. The average molecular weight is 487 g/mol. The van der Waals surface area contributed by atoms with Crippen LogP contribution in [0.5, 0.6) is 0 Å². The number of benzene rings is 2. The first-order valence-electron chi connectivity index (χ1n) is 9.97. The van der Waals surface area contributed by atoms with Crippen LogP contribution in [0.4, 0.5) is 5.69 Å². The van der Waals surface area contributed by atoms with Gasteiger partial charge in [0.25, 0.3) is 5.91 Å². The lowest BCUT2D eigenvalue weighted by molar-refractivity contribution is -0.119. The number of anilines is 1. The van der Waals surface area contributed by atoms with Crippen molar-refractivity contribution in [3.05, 3.63) is 83.3 Å². The molecule has 1 heterocycles. The SMILES string of the molecule is COC(=O)c1cccc(NC(=O)COC(=O)c2cc(S(=O)(=O)NCc3ccco3)ccc2C)c1. The predicted octanol–water partition coefficient (Wildman–Crippen LogP) is 2.65. The van der Waals surface area contributed by atoms with E-state index in [2.05, 4.69) is 14.8 Å². The monoisotopic (exact) mass is 486 g/mol. The second-order valence-corrected chi connectivity index (χ2v) is 8.84. The van der Waals surface area contributed by atoms with E-state index in [1.165, 1.54) is 43.7 Å². The second kappa shape index (κ2) is 10.8. The van der Waals surface area contributed by atoms with Gasteiger partial charge in [0, 0.05) is 5.69 Å². The molecule has 11 heteroatoms. The van der Waals surface area contributed by atoms with Gasteiger partial charge in [0.2, 0.25) is 10.0 Å². The Morgan fingerprint density at radius 1 is 1.00 bits per heavy atom. The number of ether oxygens (including phenoxy) is 2. The third-order valence-corrected chi connectivity index (χ3v) is 6.06. The molecule has 1 aromatic heterocycles. The van der Waals surface area contributed by atoms with Gasteiger partial charge in [-0.2, -0.15) is 0 Å². The van der Waals surface area contributed by atoms with E-state index in [0.717, 1.165) is 0 Å². The first-order chi connectivity index (χ1) is 16.2. The number of aryl methyl sites for hydroxylation is 1. The summed E-state index contributed by atoms with van der Waals surface area (Å²) in [4.78, 5) is 36.2. The van der Waals surface area contributed by atoms with Crippen LogP contribution in [-0.2, 0) is 30.8 Å². The maximum atomic E-state index is 12.6. The molecule has 0 saturated carbocycles. The maximum Gasteiger partial charge on any atom is 0.338 e. The number of carbonyl (C=O) groups excluding carboxylic acids is 3. The predicted molar refractivity (Wildman–Crippen MR) is 121 cm³/mol. The molecule has 0 spiro atoms. The molecule has 2 aromatic carbocycles. The van der Waals surface area contributed by atoms with Gasteiger partial charge in [-0.25, -0.2) is 22.7 Å². The fourth-order valence-electron chi connectivity index (χ4n) is 2.90. The van der Waals surface area contributed by atoms with Crippen molar-refractivity contribution in [2.45, 2.75) is 18.4 Å². The third-order valence-electron chi connectivity index (χ3n) is 4.66. The first-order valence-corrected chi connectivity index (χ1v) is 11.5. The molecule has 0 aliphatic carbocycles. The van der Waals surface area contributed by atoms with Gasteiger partial charge in [0.15, 0.2) is 6.61 Å². The van der Waals surface area contributed by atoms with Crippen LogP contribution in [0, 0.1) is 6.92 Å². The number of hydrogen-bond acceptors (Lipinski definition) is 8. The highest BCUT2D eigenvalue weighted by Crippen LogP contribution is 2.18.